The summed E-state index contributed by atoms with van der Waals surface area (Å²) < 4.78 is 0. The molecule has 2 aromatic rings. The van der Waals surface area contributed by atoms with Crippen LogP contribution in [-0.4, -0.2) is 11.5 Å². The maximum Gasteiger partial charge on any atom is 0.123 e. The van der Waals surface area contributed by atoms with Crippen molar-refractivity contribution in [1.29, 1.82) is 5.26 Å². The minimum atomic E-state index is -0.260. The Morgan fingerprint density at radius 1 is 1.33 bits per heavy atom. The summed E-state index contributed by atoms with van der Waals surface area (Å²) in [7, 11) is 0. The van der Waals surface area contributed by atoms with E-state index in [1.807, 2.05) is 24.4 Å². The maximum absolute atomic E-state index is 9.33. The number of rotatable bonds is 4. The van der Waals surface area contributed by atoms with Gasteiger partial charge >= 0.3 is 0 Å². The molecule has 0 amide bonds. The standard InChI is InChI=1S/C15H15N3/c16-7-15(18-8-11-5-6-11)14-10-17-9-12-3-1-2-4-13(12)14/h1-4,9-11,15,18H,5-6,8H2. The highest BCUT2D eigenvalue weighted by Gasteiger charge is 2.23. The first kappa shape index (κ1) is 11.2. The van der Waals surface area contributed by atoms with Gasteiger partial charge in [0.05, 0.1) is 6.07 Å². The van der Waals surface area contributed by atoms with Gasteiger partial charge in [-0.2, -0.15) is 5.26 Å². The Balaban J connectivity index is 1.93. The van der Waals surface area contributed by atoms with Crippen molar-refractivity contribution in [2.45, 2.75) is 18.9 Å². The molecule has 0 radical (unpaired) electrons. The molecule has 1 aliphatic rings. The summed E-state index contributed by atoms with van der Waals surface area (Å²) in [5, 5.41) is 14.9. The normalized spacial score (nSPS) is 16.4. The van der Waals surface area contributed by atoms with Crippen molar-refractivity contribution in [3.63, 3.8) is 0 Å². The summed E-state index contributed by atoms with van der Waals surface area (Å²) in [4.78, 5) is 4.23. The Hall–Kier alpha value is -1.92. The lowest BCUT2D eigenvalue weighted by molar-refractivity contribution is 0.594. The van der Waals surface area contributed by atoms with E-state index in [0.717, 1.165) is 28.8 Å². The Morgan fingerprint density at radius 2 is 2.17 bits per heavy atom. The molecule has 1 aromatic carbocycles. The Bertz CT molecular complexity index is 591. The average molecular weight is 237 g/mol. The second-order valence-corrected chi connectivity index (χ2v) is 4.86. The Kier molecular flexibility index (Phi) is 2.95. The molecule has 90 valence electrons. The molecule has 3 nitrogen and oxygen atoms in total. The fraction of sp³-hybridized carbons (Fsp3) is 0.333. The van der Waals surface area contributed by atoms with Crippen LogP contribution in [0.15, 0.2) is 36.7 Å². The number of benzene rings is 1. The molecule has 18 heavy (non-hydrogen) atoms. The number of hydrogen-bond acceptors (Lipinski definition) is 3. The lowest BCUT2D eigenvalue weighted by Gasteiger charge is -2.13. The van der Waals surface area contributed by atoms with E-state index in [9.17, 15) is 5.26 Å². The number of fused-ring (bicyclic) bond motifs is 1. The molecule has 1 saturated carbocycles. The predicted octanol–water partition coefficient (Wildman–Crippen LogP) is 2.80. The van der Waals surface area contributed by atoms with Crippen LogP contribution in [0.4, 0.5) is 0 Å². The highest BCUT2D eigenvalue weighted by Crippen LogP contribution is 2.29. The summed E-state index contributed by atoms with van der Waals surface area (Å²) in [6.45, 7) is 0.932. The van der Waals surface area contributed by atoms with Gasteiger partial charge < -0.3 is 0 Å². The van der Waals surface area contributed by atoms with Crippen molar-refractivity contribution in [3.8, 4) is 6.07 Å². The fourth-order valence-electron chi connectivity index (χ4n) is 2.20. The predicted molar refractivity (Wildman–Crippen MR) is 70.8 cm³/mol. The van der Waals surface area contributed by atoms with Crippen LogP contribution in [0, 0.1) is 17.2 Å². The minimum Gasteiger partial charge on any atom is -0.298 e. The summed E-state index contributed by atoms with van der Waals surface area (Å²) >= 11 is 0. The topological polar surface area (TPSA) is 48.7 Å². The number of hydrogen-bond donors (Lipinski definition) is 1. The lowest BCUT2D eigenvalue weighted by atomic mass is 10.0. The van der Waals surface area contributed by atoms with Crippen LogP contribution in [0.1, 0.15) is 24.4 Å². The average Bonchev–Trinajstić information content (AvgIpc) is 3.24. The third-order valence-electron chi connectivity index (χ3n) is 3.45. The van der Waals surface area contributed by atoms with E-state index < -0.39 is 0 Å². The van der Waals surface area contributed by atoms with Crippen LogP contribution in [0.2, 0.25) is 0 Å². The van der Waals surface area contributed by atoms with Gasteiger partial charge in [0.15, 0.2) is 0 Å². The van der Waals surface area contributed by atoms with E-state index in [-0.39, 0.29) is 6.04 Å². The fourth-order valence-corrected chi connectivity index (χ4v) is 2.20. The second-order valence-electron chi connectivity index (χ2n) is 4.86. The zero-order valence-electron chi connectivity index (χ0n) is 10.1. The lowest BCUT2D eigenvalue weighted by Crippen LogP contribution is -2.22. The first-order valence-electron chi connectivity index (χ1n) is 6.34. The minimum absolute atomic E-state index is 0.260. The summed E-state index contributed by atoms with van der Waals surface area (Å²) in [5.41, 5.74) is 0.983. The molecule has 1 atom stereocenters. The molecule has 1 N–H and O–H groups in total. The molecule has 1 aliphatic carbocycles. The third kappa shape index (κ3) is 2.20. The van der Waals surface area contributed by atoms with Crippen molar-refractivity contribution in [2.24, 2.45) is 5.92 Å². The van der Waals surface area contributed by atoms with Gasteiger partial charge in [-0.05, 0) is 30.7 Å². The van der Waals surface area contributed by atoms with Gasteiger partial charge in [-0.1, -0.05) is 24.3 Å². The molecular weight excluding hydrogens is 222 g/mol. The molecule has 1 unspecified atom stereocenters. The molecule has 3 rings (SSSR count). The number of aromatic nitrogens is 1. The molecule has 1 fully saturated rings. The number of pyridine rings is 1. The van der Waals surface area contributed by atoms with E-state index >= 15 is 0 Å². The van der Waals surface area contributed by atoms with Gasteiger partial charge in [0.25, 0.3) is 0 Å². The highest BCUT2D eigenvalue weighted by molar-refractivity contribution is 5.85. The van der Waals surface area contributed by atoms with Crippen LogP contribution < -0.4 is 5.32 Å². The molecule has 0 bridgehead atoms. The molecular formula is C15H15N3. The van der Waals surface area contributed by atoms with Crippen LogP contribution in [-0.2, 0) is 0 Å². The summed E-state index contributed by atoms with van der Waals surface area (Å²) in [6.07, 6.45) is 6.22. The molecule has 1 aromatic heterocycles. The van der Waals surface area contributed by atoms with Crippen molar-refractivity contribution < 1.29 is 0 Å². The van der Waals surface area contributed by atoms with Crippen molar-refractivity contribution >= 4 is 10.8 Å². The van der Waals surface area contributed by atoms with Crippen LogP contribution in [0.3, 0.4) is 0 Å². The molecule has 1 heterocycles. The third-order valence-corrected chi connectivity index (χ3v) is 3.45. The van der Waals surface area contributed by atoms with Crippen LogP contribution >= 0.6 is 0 Å². The van der Waals surface area contributed by atoms with Gasteiger partial charge in [-0.25, -0.2) is 0 Å². The zero-order valence-corrected chi connectivity index (χ0v) is 10.1. The Labute approximate surface area is 106 Å². The van der Waals surface area contributed by atoms with Crippen LogP contribution in [0.5, 0.6) is 0 Å². The molecule has 0 spiro atoms. The van der Waals surface area contributed by atoms with Crippen LogP contribution in [0.25, 0.3) is 10.8 Å². The van der Waals surface area contributed by atoms with E-state index in [2.05, 4.69) is 22.4 Å². The molecule has 0 aliphatic heterocycles. The van der Waals surface area contributed by atoms with Crippen molar-refractivity contribution in [1.82, 2.24) is 10.3 Å². The largest absolute Gasteiger partial charge is 0.298 e. The van der Waals surface area contributed by atoms with Gasteiger partial charge in [0.2, 0.25) is 0 Å². The van der Waals surface area contributed by atoms with E-state index in [1.54, 1.807) is 6.20 Å². The second kappa shape index (κ2) is 4.75. The van der Waals surface area contributed by atoms with E-state index in [0.29, 0.717) is 0 Å². The Morgan fingerprint density at radius 3 is 2.94 bits per heavy atom. The van der Waals surface area contributed by atoms with Gasteiger partial charge in [0.1, 0.15) is 6.04 Å². The van der Waals surface area contributed by atoms with Crippen molar-refractivity contribution in [2.75, 3.05) is 6.54 Å². The number of nitrogens with one attached hydrogen (secondary N) is 1. The van der Waals surface area contributed by atoms with E-state index in [4.69, 9.17) is 0 Å². The zero-order chi connectivity index (χ0) is 12.4. The highest BCUT2D eigenvalue weighted by atomic mass is 14.9. The monoisotopic (exact) mass is 237 g/mol. The van der Waals surface area contributed by atoms with Gasteiger partial charge in [-0.15, -0.1) is 0 Å². The smallest absolute Gasteiger partial charge is 0.123 e. The summed E-state index contributed by atoms with van der Waals surface area (Å²) in [5.74, 6) is 0.767. The van der Waals surface area contributed by atoms with Crippen molar-refractivity contribution in [3.05, 3.63) is 42.2 Å². The number of nitrogens with zero attached hydrogens (tertiary/aromatic N) is 2. The maximum atomic E-state index is 9.33. The molecule has 0 saturated heterocycles. The van der Waals surface area contributed by atoms with Gasteiger partial charge in [0, 0.05) is 23.3 Å². The quantitative estimate of drug-likeness (QED) is 0.889. The summed E-state index contributed by atoms with van der Waals surface area (Å²) in [6, 6.07) is 10.2. The first-order chi connectivity index (χ1) is 8.88. The SMILES string of the molecule is N#CC(NCC1CC1)c1cncc2ccccc12. The van der Waals surface area contributed by atoms with Gasteiger partial charge in [-0.3, -0.25) is 10.3 Å². The van der Waals surface area contributed by atoms with E-state index in [1.165, 1.54) is 12.8 Å². The first-order valence-corrected chi connectivity index (χ1v) is 6.34. The number of nitriles is 1. The molecule has 3 heteroatoms.